The first kappa shape index (κ1) is 16.0. The number of carbonyl (C=O) groups excluding carboxylic acids is 1. The van der Waals surface area contributed by atoms with Crippen molar-refractivity contribution in [2.24, 2.45) is 0 Å². The fourth-order valence-corrected chi connectivity index (χ4v) is 2.74. The lowest BCUT2D eigenvalue weighted by molar-refractivity contribution is 0.102. The van der Waals surface area contributed by atoms with Gasteiger partial charge in [0.1, 0.15) is 0 Å². The fourth-order valence-electron chi connectivity index (χ4n) is 2.27. The molecule has 0 saturated carbocycles. The first-order valence-corrected chi connectivity index (χ1v) is 8.03. The zero-order chi connectivity index (χ0) is 16.9. The number of nitrogens with zero attached hydrogens (tertiary/aromatic N) is 3. The Morgan fingerprint density at radius 1 is 1.25 bits per heavy atom. The van der Waals surface area contributed by atoms with Crippen molar-refractivity contribution in [3.05, 3.63) is 76.5 Å². The number of para-hydroxylation sites is 1. The van der Waals surface area contributed by atoms with Crippen molar-refractivity contribution in [1.29, 1.82) is 5.26 Å². The molecule has 3 rings (SSSR count). The monoisotopic (exact) mass is 380 g/mol. The lowest BCUT2D eigenvalue weighted by Gasteiger charge is -2.05. The molecule has 6 heteroatoms. The van der Waals surface area contributed by atoms with E-state index in [-0.39, 0.29) is 12.3 Å². The van der Waals surface area contributed by atoms with Gasteiger partial charge in [-0.3, -0.25) is 4.79 Å². The molecule has 24 heavy (non-hydrogen) atoms. The summed E-state index contributed by atoms with van der Waals surface area (Å²) in [6, 6.07) is 16.8. The van der Waals surface area contributed by atoms with E-state index in [1.165, 1.54) is 0 Å². The first-order valence-electron chi connectivity index (χ1n) is 7.24. The van der Waals surface area contributed by atoms with Gasteiger partial charge in [-0.15, -0.1) is 0 Å². The molecule has 0 atom stereocenters. The number of hydrogen-bond donors (Lipinski definition) is 1. The third kappa shape index (κ3) is 3.53. The number of nitrogens with one attached hydrogen (secondary N) is 1. The molecule has 118 valence electrons. The average molecular weight is 381 g/mol. The molecule has 0 aliphatic rings. The molecule has 0 fully saturated rings. The standard InChI is InChI=1S/C18H13BrN4O/c19-16-6-1-2-7-17(16)23-12-15(11-21-23)22-18(24)14-5-3-4-13(10-14)8-9-20/h1-7,10-12H,8H2,(H,22,24). The van der Waals surface area contributed by atoms with Crippen LogP contribution in [0, 0.1) is 11.3 Å². The zero-order valence-corrected chi connectivity index (χ0v) is 14.2. The van der Waals surface area contributed by atoms with Gasteiger partial charge in [-0.1, -0.05) is 24.3 Å². The van der Waals surface area contributed by atoms with Crippen LogP contribution >= 0.6 is 15.9 Å². The molecular weight excluding hydrogens is 368 g/mol. The Bertz CT molecular complexity index is 927. The molecule has 1 aromatic heterocycles. The SMILES string of the molecule is N#CCc1cccc(C(=O)Nc2cnn(-c3ccccc3Br)c2)c1. The lowest BCUT2D eigenvalue weighted by atomic mass is 10.1. The fraction of sp³-hybridized carbons (Fsp3) is 0.0556. The lowest BCUT2D eigenvalue weighted by Crippen LogP contribution is -2.11. The maximum absolute atomic E-state index is 12.3. The van der Waals surface area contributed by atoms with Crippen LogP contribution in [-0.2, 0) is 6.42 Å². The van der Waals surface area contributed by atoms with Crippen LogP contribution in [0.4, 0.5) is 5.69 Å². The third-order valence-corrected chi connectivity index (χ3v) is 4.08. The minimum Gasteiger partial charge on any atom is -0.319 e. The van der Waals surface area contributed by atoms with Crippen molar-refractivity contribution in [3.8, 4) is 11.8 Å². The predicted octanol–water partition coefficient (Wildman–Crippen LogP) is 3.95. The van der Waals surface area contributed by atoms with E-state index in [0.29, 0.717) is 11.3 Å². The first-order chi connectivity index (χ1) is 11.7. The molecule has 1 N–H and O–H groups in total. The Morgan fingerprint density at radius 3 is 2.88 bits per heavy atom. The van der Waals surface area contributed by atoms with Crippen LogP contribution in [0.5, 0.6) is 0 Å². The van der Waals surface area contributed by atoms with Crippen molar-refractivity contribution < 1.29 is 4.79 Å². The largest absolute Gasteiger partial charge is 0.319 e. The molecule has 2 aromatic carbocycles. The van der Waals surface area contributed by atoms with E-state index in [1.807, 2.05) is 30.3 Å². The summed E-state index contributed by atoms with van der Waals surface area (Å²) in [5.41, 5.74) is 2.81. The van der Waals surface area contributed by atoms with Gasteiger partial charge in [0.25, 0.3) is 5.91 Å². The van der Waals surface area contributed by atoms with E-state index in [4.69, 9.17) is 5.26 Å². The molecule has 5 nitrogen and oxygen atoms in total. The van der Waals surface area contributed by atoms with Gasteiger partial charge in [0.05, 0.1) is 36.3 Å². The van der Waals surface area contributed by atoms with Gasteiger partial charge in [-0.25, -0.2) is 4.68 Å². The summed E-state index contributed by atoms with van der Waals surface area (Å²) in [5, 5.41) is 15.8. The van der Waals surface area contributed by atoms with Crippen molar-refractivity contribution in [2.45, 2.75) is 6.42 Å². The number of nitriles is 1. The van der Waals surface area contributed by atoms with Gasteiger partial charge in [0.2, 0.25) is 0 Å². The Hall–Kier alpha value is -2.91. The van der Waals surface area contributed by atoms with Gasteiger partial charge in [-0.05, 0) is 45.8 Å². The number of amides is 1. The van der Waals surface area contributed by atoms with Crippen molar-refractivity contribution in [1.82, 2.24) is 9.78 Å². The van der Waals surface area contributed by atoms with Gasteiger partial charge in [0, 0.05) is 10.0 Å². The molecule has 0 radical (unpaired) electrons. The number of anilines is 1. The Labute approximate surface area is 147 Å². The van der Waals surface area contributed by atoms with Crippen LogP contribution in [0.25, 0.3) is 5.69 Å². The van der Waals surface area contributed by atoms with Crippen LogP contribution in [0.1, 0.15) is 15.9 Å². The van der Waals surface area contributed by atoms with Crippen LogP contribution < -0.4 is 5.32 Å². The normalized spacial score (nSPS) is 10.2. The minimum absolute atomic E-state index is 0.235. The number of carbonyl (C=O) groups is 1. The number of hydrogen-bond acceptors (Lipinski definition) is 3. The minimum atomic E-state index is -0.235. The highest BCUT2D eigenvalue weighted by Crippen LogP contribution is 2.21. The van der Waals surface area contributed by atoms with Crippen LogP contribution in [0.15, 0.2) is 65.4 Å². The van der Waals surface area contributed by atoms with Crippen molar-refractivity contribution in [3.63, 3.8) is 0 Å². The number of rotatable bonds is 4. The van der Waals surface area contributed by atoms with Crippen molar-refractivity contribution >= 4 is 27.5 Å². The summed E-state index contributed by atoms with van der Waals surface area (Å²) in [6.45, 7) is 0. The predicted molar refractivity (Wildman–Crippen MR) is 95.0 cm³/mol. The van der Waals surface area contributed by atoms with Gasteiger partial charge >= 0.3 is 0 Å². The summed E-state index contributed by atoms with van der Waals surface area (Å²) in [7, 11) is 0. The molecule has 3 aromatic rings. The maximum Gasteiger partial charge on any atom is 0.255 e. The van der Waals surface area contributed by atoms with E-state index in [9.17, 15) is 4.79 Å². The van der Waals surface area contributed by atoms with E-state index < -0.39 is 0 Å². The molecule has 0 aliphatic heterocycles. The van der Waals surface area contributed by atoms with Crippen LogP contribution in [0.3, 0.4) is 0 Å². The zero-order valence-electron chi connectivity index (χ0n) is 12.6. The molecule has 0 aliphatic carbocycles. The summed E-state index contributed by atoms with van der Waals surface area (Å²) < 4.78 is 2.60. The topological polar surface area (TPSA) is 70.7 Å². The summed E-state index contributed by atoms with van der Waals surface area (Å²) in [6.07, 6.45) is 3.62. The molecule has 0 unspecified atom stereocenters. The Balaban J connectivity index is 1.78. The molecule has 1 heterocycles. The van der Waals surface area contributed by atoms with E-state index in [0.717, 1.165) is 15.7 Å². The number of benzene rings is 2. The highest BCUT2D eigenvalue weighted by atomic mass is 79.9. The van der Waals surface area contributed by atoms with Crippen LogP contribution in [0.2, 0.25) is 0 Å². The third-order valence-electron chi connectivity index (χ3n) is 3.41. The van der Waals surface area contributed by atoms with E-state index >= 15 is 0 Å². The number of halogens is 1. The number of aromatic nitrogens is 2. The van der Waals surface area contributed by atoms with Gasteiger partial charge in [0.15, 0.2) is 0 Å². The summed E-state index contributed by atoms with van der Waals surface area (Å²) in [4.78, 5) is 12.3. The second kappa shape index (κ2) is 7.11. The average Bonchev–Trinajstić information content (AvgIpc) is 3.04. The second-order valence-electron chi connectivity index (χ2n) is 5.11. The summed E-state index contributed by atoms with van der Waals surface area (Å²) in [5.74, 6) is -0.235. The molecule has 1 amide bonds. The quantitative estimate of drug-likeness (QED) is 0.744. The highest BCUT2D eigenvalue weighted by Gasteiger charge is 2.09. The molecule has 0 bridgehead atoms. The van der Waals surface area contributed by atoms with Crippen LogP contribution in [-0.4, -0.2) is 15.7 Å². The molecular formula is C18H13BrN4O. The van der Waals surface area contributed by atoms with E-state index in [2.05, 4.69) is 32.4 Å². The van der Waals surface area contributed by atoms with E-state index in [1.54, 1.807) is 35.3 Å². The molecule has 0 saturated heterocycles. The smallest absolute Gasteiger partial charge is 0.255 e. The van der Waals surface area contributed by atoms with Crippen molar-refractivity contribution in [2.75, 3.05) is 5.32 Å². The van der Waals surface area contributed by atoms with Gasteiger partial charge < -0.3 is 5.32 Å². The maximum atomic E-state index is 12.3. The Morgan fingerprint density at radius 2 is 2.08 bits per heavy atom. The summed E-state index contributed by atoms with van der Waals surface area (Å²) >= 11 is 3.48. The van der Waals surface area contributed by atoms with Gasteiger partial charge in [-0.2, -0.15) is 10.4 Å². The second-order valence-corrected chi connectivity index (χ2v) is 5.97. The Kier molecular flexibility index (Phi) is 4.73. The molecule has 0 spiro atoms. The highest BCUT2D eigenvalue weighted by molar-refractivity contribution is 9.10.